The van der Waals surface area contributed by atoms with E-state index in [9.17, 15) is 18.0 Å². The Morgan fingerprint density at radius 1 is 1.18 bits per heavy atom. The minimum atomic E-state index is -4.47. The Labute approximate surface area is 127 Å². The molecule has 0 aromatic heterocycles. The first-order valence-corrected chi connectivity index (χ1v) is 7.35. The van der Waals surface area contributed by atoms with E-state index in [0.717, 1.165) is 24.3 Å². The first kappa shape index (κ1) is 17.6. The van der Waals surface area contributed by atoms with Gasteiger partial charge in [-0.2, -0.15) is 8.42 Å². The van der Waals surface area contributed by atoms with Crippen molar-refractivity contribution >= 4 is 22.1 Å². The highest BCUT2D eigenvalue weighted by Gasteiger charge is 2.35. The molecule has 0 aliphatic rings. The van der Waals surface area contributed by atoms with Crippen molar-refractivity contribution in [1.82, 2.24) is 0 Å². The summed E-state index contributed by atoms with van der Waals surface area (Å²) in [5.74, 6) is -3.70. The SMILES string of the molecule is C=CC(=O)OC(C)(OC(=O)C=C)c1cccc(S(=O)(=O)O)c1. The Morgan fingerprint density at radius 2 is 1.68 bits per heavy atom. The third-order valence-electron chi connectivity index (χ3n) is 2.58. The normalized spacial score (nSPS) is 11.4. The molecule has 1 rings (SSSR count). The van der Waals surface area contributed by atoms with Crippen LogP contribution >= 0.6 is 0 Å². The summed E-state index contributed by atoms with van der Waals surface area (Å²) in [7, 11) is -4.47. The number of benzene rings is 1. The Bertz CT molecular complexity index is 696. The fraction of sp³-hybridized carbons (Fsp3) is 0.143. The molecule has 118 valence electrons. The van der Waals surface area contributed by atoms with Crippen LogP contribution in [0.3, 0.4) is 0 Å². The van der Waals surface area contributed by atoms with Crippen LogP contribution in [-0.2, 0) is 35.0 Å². The molecular weight excluding hydrogens is 312 g/mol. The van der Waals surface area contributed by atoms with Gasteiger partial charge >= 0.3 is 11.9 Å². The van der Waals surface area contributed by atoms with Gasteiger partial charge < -0.3 is 9.47 Å². The second kappa shape index (κ2) is 6.54. The third kappa shape index (κ3) is 4.27. The third-order valence-corrected chi connectivity index (χ3v) is 3.43. The predicted molar refractivity (Wildman–Crippen MR) is 76.2 cm³/mol. The molecule has 0 atom stereocenters. The molecule has 0 unspecified atom stereocenters. The van der Waals surface area contributed by atoms with E-state index >= 15 is 0 Å². The van der Waals surface area contributed by atoms with Crippen LogP contribution in [0.4, 0.5) is 0 Å². The van der Waals surface area contributed by atoms with Crippen LogP contribution < -0.4 is 0 Å². The number of hydrogen-bond donors (Lipinski definition) is 1. The summed E-state index contributed by atoms with van der Waals surface area (Å²) in [6.45, 7) is 7.68. The van der Waals surface area contributed by atoms with Gasteiger partial charge in [-0.15, -0.1) is 0 Å². The predicted octanol–water partition coefficient (Wildman–Crippen LogP) is 1.56. The molecule has 0 heterocycles. The van der Waals surface area contributed by atoms with E-state index in [1.165, 1.54) is 19.1 Å². The number of carbonyl (C=O) groups excluding carboxylic acids is 2. The fourth-order valence-corrected chi connectivity index (χ4v) is 2.07. The van der Waals surface area contributed by atoms with E-state index in [1.807, 2.05) is 0 Å². The molecule has 22 heavy (non-hydrogen) atoms. The summed E-state index contributed by atoms with van der Waals surface area (Å²) >= 11 is 0. The van der Waals surface area contributed by atoms with Gasteiger partial charge in [-0.25, -0.2) is 9.59 Å². The minimum Gasteiger partial charge on any atom is -0.415 e. The van der Waals surface area contributed by atoms with Crippen LogP contribution in [0.15, 0.2) is 54.5 Å². The molecule has 0 aliphatic heterocycles. The van der Waals surface area contributed by atoms with E-state index < -0.39 is 32.7 Å². The summed E-state index contributed by atoms with van der Waals surface area (Å²) in [4.78, 5) is 22.4. The van der Waals surface area contributed by atoms with E-state index in [0.29, 0.717) is 0 Å². The Morgan fingerprint density at radius 3 is 2.09 bits per heavy atom. The molecule has 1 aromatic carbocycles. The average molecular weight is 326 g/mol. The van der Waals surface area contributed by atoms with E-state index in [1.54, 1.807) is 0 Å². The van der Waals surface area contributed by atoms with Crippen LogP contribution in [0.2, 0.25) is 0 Å². The van der Waals surface area contributed by atoms with Gasteiger partial charge in [0.15, 0.2) is 0 Å². The number of esters is 2. The number of carbonyl (C=O) groups is 2. The molecule has 0 amide bonds. The maximum absolute atomic E-state index is 11.4. The van der Waals surface area contributed by atoms with Crippen LogP contribution in [0.1, 0.15) is 12.5 Å². The first-order valence-electron chi connectivity index (χ1n) is 5.91. The first-order chi connectivity index (χ1) is 10.1. The summed E-state index contributed by atoms with van der Waals surface area (Å²) in [5.41, 5.74) is 0.0213. The van der Waals surface area contributed by atoms with Gasteiger partial charge in [0, 0.05) is 24.6 Å². The fourth-order valence-electron chi connectivity index (χ4n) is 1.54. The van der Waals surface area contributed by atoms with Crippen molar-refractivity contribution in [3.05, 3.63) is 55.1 Å². The van der Waals surface area contributed by atoms with Crippen molar-refractivity contribution in [1.29, 1.82) is 0 Å². The molecule has 0 saturated heterocycles. The van der Waals surface area contributed by atoms with Gasteiger partial charge in [-0.1, -0.05) is 25.3 Å². The van der Waals surface area contributed by atoms with E-state index in [4.69, 9.17) is 14.0 Å². The van der Waals surface area contributed by atoms with Gasteiger partial charge in [0.05, 0.1) is 4.90 Å². The quantitative estimate of drug-likeness (QED) is 0.366. The molecule has 0 bridgehead atoms. The standard InChI is InChI=1S/C14H14O7S/c1-4-12(15)20-14(3,21-13(16)5-2)10-7-6-8-11(9-10)22(17,18)19/h4-9H,1-2H2,3H3,(H,17,18,19). The maximum atomic E-state index is 11.4. The number of rotatable bonds is 6. The Kier molecular flexibility index (Phi) is 5.23. The van der Waals surface area contributed by atoms with Crippen LogP contribution in [-0.4, -0.2) is 24.9 Å². The van der Waals surface area contributed by atoms with Crippen LogP contribution in [0, 0.1) is 0 Å². The Balaban J connectivity index is 3.37. The summed E-state index contributed by atoms with van der Waals surface area (Å²) in [5, 5.41) is 0. The van der Waals surface area contributed by atoms with Crippen molar-refractivity contribution in [2.24, 2.45) is 0 Å². The van der Waals surface area contributed by atoms with Crippen molar-refractivity contribution in [2.45, 2.75) is 17.6 Å². The number of hydrogen-bond acceptors (Lipinski definition) is 6. The van der Waals surface area contributed by atoms with E-state index in [-0.39, 0.29) is 5.56 Å². The highest BCUT2D eigenvalue weighted by atomic mass is 32.2. The molecule has 0 fully saturated rings. The summed E-state index contributed by atoms with van der Waals surface area (Å²) in [6, 6.07) is 4.80. The monoisotopic (exact) mass is 326 g/mol. The van der Waals surface area contributed by atoms with Crippen molar-refractivity contribution < 1.29 is 32.0 Å². The highest BCUT2D eigenvalue weighted by molar-refractivity contribution is 7.85. The van der Waals surface area contributed by atoms with E-state index in [2.05, 4.69) is 13.2 Å². The highest BCUT2D eigenvalue weighted by Crippen LogP contribution is 2.29. The molecule has 0 radical (unpaired) electrons. The zero-order valence-electron chi connectivity index (χ0n) is 11.7. The molecule has 1 aromatic rings. The van der Waals surface area contributed by atoms with Crippen molar-refractivity contribution in [2.75, 3.05) is 0 Å². The lowest BCUT2D eigenvalue weighted by Gasteiger charge is -2.28. The molecular formula is C14H14O7S. The lowest BCUT2D eigenvalue weighted by molar-refractivity contribution is -0.221. The molecule has 7 nitrogen and oxygen atoms in total. The second-order valence-electron chi connectivity index (χ2n) is 4.20. The number of ether oxygens (including phenoxy) is 2. The van der Waals surface area contributed by atoms with Crippen LogP contribution in [0.5, 0.6) is 0 Å². The van der Waals surface area contributed by atoms with Gasteiger partial charge in [0.1, 0.15) is 0 Å². The molecule has 8 heteroatoms. The van der Waals surface area contributed by atoms with Gasteiger partial charge in [0.25, 0.3) is 15.9 Å². The molecule has 0 saturated carbocycles. The average Bonchev–Trinajstić information content (AvgIpc) is 2.46. The van der Waals surface area contributed by atoms with Crippen molar-refractivity contribution in [3.8, 4) is 0 Å². The summed E-state index contributed by atoms with van der Waals surface area (Å²) in [6.07, 6.45) is 1.71. The maximum Gasteiger partial charge on any atom is 0.333 e. The largest absolute Gasteiger partial charge is 0.415 e. The lowest BCUT2D eigenvalue weighted by atomic mass is 10.1. The smallest absolute Gasteiger partial charge is 0.333 e. The Hall–Kier alpha value is -2.45. The van der Waals surface area contributed by atoms with Crippen molar-refractivity contribution in [3.63, 3.8) is 0 Å². The zero-order chi connectivity index (χ0) is 17.0. The molecule has 0 spiro atoms. The van der Waals surface area contributed by atoms with Gasteiger partial charge in [-0.3, -0.25) is 4.55 Å². The molecule has 1 N–H and O–H groups in total. The second-order valence-corrected chi connectivity index (χ2v) is 5.62. The zero-order valence-corrected chi connectivity index (χ0v) is 12.5. The van der Waals surface area contributed by atoms with Gasteiger partial charge in [-0.05, 0) is 12.1 Å². The summed E-state index contributed by atoms with van der Waals surface area (Å²) < 4.78 is 41.4. The lowest BCUT2D eigenvalue weighted by Crippen LogP contribution is -2.34. The molecule has 0 aliphatic carbocycles. The van der Waals surface area contributed by atoms with Crippen LogP contribution in [0.25, 0.3) is 0 Å². The topological polar surface area (TPSA) is 107 Å². The van der Waals surface area contributed by atoms with Gasteiger partial charge in [0.2, 0.25) is 0 Å². The minimum absolute atomic E-state index is 0.0213.